The molecule has 198 valence electrons. The largest absolute Gasteiger partial charge is 0.391 e. The Bertz CT molecular complexity index is 1560. The number of piperidine rings is 1. The van der Waals surface area contributed by atoms with Crippen molar-refractivity contribution in [1.29, 1.82) is 0 Å². The van der Waals surface area contributed by atoms with Gasteiger partial charge >= 0.3 is 0 Å². The van der Waals surface area contributed by atoms with Crippen molar-refractivity contribution in [3.63, 3.8) is 0 Å². The van der Waals surface area contributed by atoms with E-state index in [9.17, 15) is 14.3 Å². The summed E-state index contributed by atoms with van der Waals surface area (Å²) < 4.78 is 16.3. The van der Waals surface area contributed by atoms with Gasteiger partial charge < -0.3 is 14.9 Å². The van der Waals surface area contributed by atoms with Crippen LogP contribution < -0.4 is 4.90 Å². The van der Waals surface area contributed by atoms with Gasteiger partial charge in [-0.05, 0) is 46.1 Å². The van der Waals surface area contributed by atoms with Gasteiger partial charge in [0.1, 0.15) is 17.2 Å². The SMILES string of the molecule is Cc1cn2nc([C@@H]3CCCCN3C(=O)c3cc(F)cc4nc(C)c(C)nc34)cc2nc1N1C[C@@H](C)[C@@H](O)C1. The number of hydrogen-bond acceptors (Lipinski definition) is 7. The van der Waals surface area contributed by atoms with E-state index in [4.69, 9.17) is 10.1 Å². The van der Waals surface area contributed by atoms with Crippen LogP contribution in [-0.2, 0) is 0 Å². The first-order chi connectivity index (χ1) is 18.2. The first-order valence-corrected chi connectivity index (χ1v) is 13.2. The van der Waals surface area contributed by atoms with Gasteiger partial charge in [0.25, 0.3) is 5.91 Å². The van der Waals surface area contributed by atoms with Crippen LogP contribution in [0.15, 0.2) is 24.4 Å². The third kappa shape index (κ3) is 4.16. The molecule has 0 unspecified atom stereocenters. The molecule has 4 aromatic rings. The molecule has 2 aliphatic heterocycles. The Morgan fingerprint density at radius 1 is 1.05 bits per heavy atom. The Morgan fingerprint density at radius 3 is 2.61 bits per heavy atom. The lowest BCUT2D eigenvalue weighted by atomic mass is 9.97. The van der Waals surface area contributed by atoms with E-state index < -0.39 is 5.82 Å². The molecule has 2 aliphatic rings. The zero-order chi connectivity index (χ0) is 26.7. The number of aryl methyl sites for hydroxylation is 3. The zero-order valence-corrected chi connectivity index (χ0v) is 22.1. The number of carbonyl (C=O) groups excluding carboxylic acids is 1. The fourth-order valence-electron chi connectivity index (χ4n) is 5.72. The van der Waals surface area contributed by atoms with E-state index in [0.29, 0.717) is 41.2 Å². The Morgan fingerprint density at radius 2 is 1.84 bits per heavy atom. The van der Waals surface area contributed by atoms with Gasteiger partial charge in [-0.3, -0.25) is 4.79 Å². The van der Waals surface area contributed by atoms with Crippen LogP contribution in [0.25, 0.3) is 16.7 Å². The van der Waals surface area contributed by atoms with Crippen LogP contribution in [-0.4, -0.2) is 66.2 Å². The van der Waals surface area contributed by atoms with Crippen molar-refractivity contribution in [2.45, 2.75) is 59.1 Å². The molecule has 5 heterocycles. The van der Waals surface area contributed by atoms with Crippen molar-refractivity contribution in [2.24, 2.45) is 5.92 Å². The number of aromatic nitrogens is 5. The number of nitrogens with zero attached hydrogens (tertiary/aromatic N) is 7. The molecule has 6 rings (SSSR count). The lowest BCUT2D eigenvalue weighted by Gasteiger charge is -2.35. The van der Waals surface area contributed by atoms with Crippen molar-refractivity contribution in [3.8, 4) is 0 Å². The minimum absolute atomic E-state index is 0.186. The average molecular weight is 518 g/mol. The Hall–Kier alpha value is -3.66. The Labute approximate surface area is 220 Å². The summed E-state index contributed by atoms with van der Waals surface area (Å²) in [5.74, 6) is 0.261. The van der Waals surface area contributed by atoms with Crippen molar-refractivity contribution >= 4 is 28.4 Å². The lowest BCUT2D eigenvalue weighted by Crippen LogP contribution is -2.39. The van der Waals surface area contributed by atoms with Crippen LogP contribution in [0.5, 0.6) is 0 Å². The quantitative estimate of drug-likeness (QED) is 0.440. The third-order valence-corrected chi connectivity index (χ3v) is 7.98. The second kappa shape index (κ2) is 9.27. The summed E-state index contributed by atoms with van der Waals surface area (Å²) in [7, 11) is 0. The monoisotopic (exact) mass is 517 g/mol. The van der Waals surface area contributed by atoms with Gasteiger partial charge in [-0.1, -0.05) is 6.92 Å². The van der Waals surface area contributed by atoms with Gasteiger partial charge in [0, 0.05) is 49.4 Å². The molecule has 0 radical (unpaired) electrons. The highest BCUT2D eigenvalue weighted by molar-refractivity contribution is 6.05. The number of amides is 1. The maximum absolute atomic E-state index is 14.6. The van der Waals surface area contributed by atoms with E-state index in [2.05, 4.69) is 14.9 Å². The molecule has 3 aromatic heterocycles. The Kier molecular flexibility index (Phi) is 6.02. The molecule has 1 amide bonds. The number of anilines is 1. The topological polar surface area (TPSA) is 99.8 Å². The van der Waals surface area contributed by atoms with Gasteiger partial charge in [-0.15, -0.1) is 0 Å². The minimum Gasteiger partial charge on any atom is -0.391 e. The maximum atomic E-state index is 14.6. The van der Waals surface area contributed by atoms with Crippen LogP contribution in [0.4, 0.5) is 10.2 Å². The third-order valence-electron chi connectivity index (χ3n) is 7.98. The molecular weight excluding hydrogens is 485 g/mol. The molecule has 0 aliphatic carbocycles. The van der Waals surface area contributed by atoms with E-state index in [1.165, 1.54) is 12.1 Å². The lowest BCUT2D eigenvalue weighted by molar-refractivity contribution is 0.0607. The molecule has 2 saturated heterocycles. The molecule has 10 heteroatoms. The van der Waals surface area contributed by atoms with E-state index >= 15 is 0 Å². The zero-order valence-electron chi connectivity index (χ0n) is 22.1. The van der Waals surface area contributed by atoms with Crippen molar-refractivity contribution in [3.05, 3.63) is 58.4 Å². The summed E-state index contributed by atoms with van der Waals surface area (Å²) in [6.07, 6.45) is 4.17. The van der Waals surface area contributed by atoms with Gasteiger partial charge in [-0.25, -0.2) is 23.9 Å². The highest BCUT2D eigenvalue weighted by atomic mass is 19.1. The molecule has 1 N–H and O–H groups in total. The normalized spacial score (nSPS) is 22.1. The second-order valence-electron chi connectivity index (χ2n) is 10.8. The number of aliphatic hydroxyl groups excluding tert-OH is 1. The van der Waals surface area contributed by atoms with E-state index in [-0.39, 0.29) is 29.5 Å². The van der Waals surface area contributed by atoms with Crippen LogP contribution >= 0.6 is 0 Å². The van der Waals surface area contributed by atoms with E-state index in [0.717, 1.165) is 42.9 Å². The molecule has 0 bridgehead atoms. The fourth-order valence-corrected chi connectivity index (χ4v) is 5.72. The number of halogens is 1. The predicted molar refractivity (Wildman–Crippen MR) is 142 cm³/mol. The number of hydrogen-bond donors (Lipinski definition) is 1. The van der Waals surface area contributed by atoms with Gasteiger partial charge in [0.05, 0.1) is 40.3 Å². The van der Waals surface area contributed by atoms with Crippen LogP contribution in [0.3, 0.4) is 0 Å². The molecule has 2 fully saturated rings. The number of carbonyl (C=O) groups is 1. The van der Waals surface area contributed by atoms with Gasteiger partial charge in [-0.2, -0.15) is 5.10 Å². The minimum atomic E-state index is -0.506. The molecule has 9 nitrogen and oxygen atoms in total. The maximum Gasteiger partial charge on any atom is 0.256 e. The summed E-state index contributed by atoms with van der Waals surface area (Å²) in [5.41, 5.74) is 4.88. The van der Waals surface area contributed by atoms with Crippen molar-refractivity contribution < 1.29 is 14.3 Å². The van der Waals surface area contributed by atoms with Crippen molar-refractivity contribution in [2.75, 3.05) is 24.5 Å². The van der Waals surface area contributed by atoms with Gasteiger partial charge in [0.15, 0.2) is 5.65 Å². The number of β-amino-alcohol motifs (C(OH)–C–C–N with tert-alkyl or cyclic N) is 1. The number of rotatable bonds is 3. The summed E-state index contributed by atoms with van der Waals surface area (Å²) in [6, 6.07) is 4.28. The molecule has 1 aromatic carbocycles. The predicted octanol–water partition coefficient (Wildman–Crippen LogP) is 3.92. The summed E-state index contributed by atoms with van der Waals surface area (Å²) >= 11 is 0. The standard InChI is InChI=1S/C28H32FN7O2/c1-15-12-34(14-24(15)37)27-16(2)13-36-25(32-27)11-21(33-36)23-7-5-6-8-35(23)28(38)20-9-19(29)10-22-26(20)31-18(4)17(3)30-22/h9-11,13,15,23-24,37H,5-8,12,14H2,1-4H3/t15-,23+,24+/m1/s1. The summed E-state index contributed by atoms with van der Waals surface area (Å²) in [4.78, 5) is 31.8. The number of aliphatic hydroxyl groups is 1. The van der Waals surface area contributed by atoms with E-state index in [1.807, 2.05) is 40.0 Å². The number of benzene rings is 1. The van der Waals surface area contributed by atoms with Crippen LogP contribution in [0.1, 0.15) is 65.2 Å². The second-order valence-corrected chi connectivity index (χ2v) is 10.8. The van der Waals surface area contributed by atoms with Gasteiger partial charge in [0.2, 0.25) is 0 Å². The number of fused-ring (bicyclic) bond motifs is 2. The van der Waals surface area contributed by atoms with Crippen LogP contribution in [0.2, 0.25) is 0 Å². The molecule has 3 atom stereocenters. The average Bonchev–Trinajstić information content (AvgIpc) is 3.45. The highest BCUT2D eigenvalue weighted by Gasteiger charge is 2.33. The molecular formula is C28H32FN7O2. The molecule has 0 spiro atoms. The van der Waals surface area contributed by atoms with Crippen molar-refractivity contribution in [1.82, 2.24) is 29.5 Å². The molecule has 0 saturated carbocycles. The first kappa shape index (κ1) is 24.7. The summed E-state index contributed by atoms with van der Waals surface area (Å²) in [5, 5.41) is 15.1. The van der Waals surface area contributed by atoms with Crippen LogP contribution in [0, 0.1) is 32.5 Å². The first-order valence-electron chi connectivity index (χ1n) is 13.2. The molecule has 38 heavy (non-hydrogen) atoms. The highest BCUT2D eigenvalue weighted by Crippen LogP contribution is 2.34. The summed E-state index contributed by atoms with van der Waals surface area (Å²) in [6.45, 7) is 9.56. The van der Waals surface area contributed by atoms with E-state index in [1.54, 1.807) is 9.42 Å². The smallest absolute Gasteiger partial charge is 0.256 e. The number of likely N-dealkylation sites (tertiary alicyclic amines) is 1. The Balaban J connectivity index is 1.37. The fraction of sp³-hybridized carbons (Fsp3) is 0.464.